The first-order valence-corrected chi connectivity index (χ1v) is 9.35. The molecule has 10 nitrogen and oxygen atoms in total. The van der Waals surface area contributed by atoms with E-state index in [2.05, 4.69) is 25.6 Å². The summed E-state index contributed by atoms with van der Waals surface area (Å²) in [6.07, 6.45) is -0.694. The van der Waals surface area contributed by atoms with Crippen LogP contribution in [0.3, 0.4) is 0 Å². The maximum absolute atomic E-state index is 12.2. The number of ether oxygens (including phenoxy) is 2. The number of amides is 2. The zero-order valence-corrected chi connectivity index (χ0v) is 17.1. The van der Waals surface area contributed by atoms with Crippen molar-refractivity contribution in [3.05, 3.63) is 0 Å². The monoisotopic (exact) mass is 402 g/mol. The molecule has 0 aromatic heterocycles. The lowest BCUT2D eigenvalue weighted by atomic mass is 10.2. The van der Waals surface area contributed by atoms with Gasteiger partial charge in [-0.25, -0.2) is 9.59 Å². The van der Waals surface area contributed by atoms with Gasteiger partial charge in [-0.05, 0) is 34.6 Å². The van der Waals surface area contributed by atoms with Crippen LogP contribution in [-0.4, -0.2) is 66.0 Å². The van der Waals surface area contributed by atoms with Crippen LogP contribution in [0.2, 0.25) is 0 Å². The number of amidine groups is 1. The molecule has 2 amide bonds. The Bertz CT molecular complexity index is 629. The average molecular weight is 402 g/mol. The van der Waals surface area contributed by atoms with E-state index in [4.69, 9.17) is 9.47 Å². The Labute approximate surface area is 162 Å². The van der Waals surface area contributed by atoms with Gasteiger partial charge >= 0.3 is 12.1 Å². The van der Waals surface area contributed by atoms with Crippen LogP contribution < -0.4 is 10.6 Å². The standard InChI is InChI=1S/C16H26N4O6S/c1-7-25-13(22)11(20-24-6)10-8-27-14(18-10)19-12(21)9(2)17-15(23)26-16(3,4)5/h9-10H,7-8H2,1-6H3,(H,17,23)(H,18,19,21)/b20-11+/t9-,10?/m0/s1. The molecule has 1 aliphatic heterocycles. The summed E-state index contributed by atoms with van der Waals surface area (Å²) >= 11 is 1.24. The highest BCUT2D eigenvalue weighted by atomic mass is 32.2. The van der Waals surface area contributed by atoms with E-state index >= 15 is 0 Å². The van der Waals surface area contributed by atoms with Crippen molar-refractivity contribution in [3.8, 4) is 0 Å². The second kappa shape index (κ2) is 10.1. The Morgan fingerprint density at radius 2 is 2.04 bits per heavy atom. The number of aliphatic imine (C=N–C) groups is 1. The number of thioether (sulfide) groups is 1. The summed E-state index contributed by atoms with van der Waals surface area (Å²) in [5.41, 5.74) is -0.640. The van der Waals surface area contributed by atoms with E-state index < -0.39 is 35.7 Å². The molecular formula is C16H26N4O6S. The number of alkyl carbamates (subject to hydrolysis) is 1. The van der Waals surface area contributed by atoms with Crippen molar-refractivity contribution in [3.63, 3.8) is 0 Å². The normalized spacial score (nSPS) is 18.2. The van der Waals surface area contributed by atoms with E-state index in [0.717, 1.165) is 0 Å². The molecule has 1 rings (SSSR count). The van der Waals surface area contributed by atoms with E-state index in [-0.39, 0.29) is 12.3 Å². The van der Waals surface area contributed by atoms with Gasteiger partial charge in [0.1, 0.15) is 24.8 Å². The third kappa shape index (κ3) is 7.85. The summed E-state index contributed by atoms with van der Waals surface area (Å²) in [6, 6.07) is -1.43. The van der Waals surface area contributed by atoms with Gasteiger partial charge in [-0.1, -0.05) is 16.9 Å². The third-order valence-corrected chi connectivity index (χ3v) is 3.96. The molecule has 2 N–H and O–H groups in total. The second-order valence-electron chi connectivity index (χ2n) is 6.50. The Morgan fingerprint density at radius 3 is 2.59 bits per heavy atom. The SMILES string of the molecule is CCOC(=O)/C(=N/OC)C1CSC(NC(=O)[C@H](C)NC(=O)OC(C)(C)C)=N1. The number of oxime groups is 1. The van der Waals surface area contributed by atoms with Gasteiger partial charge in [0.15, 0.2) is 10.9 Å². The topological polar surface area (TPSA) is 128 Å². The molecule has 0 radical (unpaired) electrons. The van der Waals surface area contributed by atoms with Crippen LogP contribution in [0.4, 0.5) is 4.79 Å². The van der Waals surface area contributed by atoms with Crippen molar-refractivity contribution >= 4 is 40.6 Å². The molecule has 0 aromatic rings. The molecule has 152 valence electrons. The molecule has 0 fully saturated rings. The first-order valence-electron chi connectivity index (χ1n) is 8.36. The Hall–Kier alpha value is -2.30. The lowest BCUT2D eigenvalue weighted by Gasteiger charge is -2.21. The average Bonchev–Trinajstić information content (AvgIpc) is 2.98. The quantitative estimate of drug-likeness (QED) is 0.386. The number of carbonyl (C=O) groups is 3. The van der Waals surface area contributed by atoms with Crippen molar-refractivity contribution in [2.45, 2.75) is 52.3 Å². The molecule has 11 heteroatoms. The van der Waals surface area contributed by atoms with E-state index in [1.807, 2.05) is 0 Å². The van der Waals surface area contributed by atoms with E-state index in [9.17, 15) is 14.4 Å². The van der Waals surface area contributed by atoms with Crippen LogP contribution in [0, 0.1) is 0 Å². The van der Waals surface area contributed by atoms with Crippen molar-refractivity contribution in [2.24, 2.45) is 10.1 Å². The molecule has 2 atom stereocenters. The molecular weight excluding hydrogens is 376 g/mol. The second-order valence-corrected chi connectivity index (χ2v) is 7.51. The Kier molecular flexibility index (Phi) is 8.54. The summed E-state index contributed by atoms with van der Waals surface area (Å²) in [7, 11) is 1.32. The number of nitrogens with zero attached hydrogens (tertiary/aromatic N) is 2. The van der Waals surface area contributed by atoms with Crippen LogP contribution in [0.15, 0.2) is 10.1 Å². The predicted molar refractivity (Wildman–Crippen MR) is 102 cm³/mol. The van der Waals surface area contributed by atoms with Gasteiger partial charge < -0.3 is 24.9 Å². The first kappa shape index (κ1) is 22.7. The first-order chi connectivity index (χ1) is 12.6. The maximum atomic E-state index is 12.2. The van der Waals surface area contributed by atoms with Gasteiger partial charge in [-0.3, -0.25) is 9.79 Å². The van der Waals surface area contributed by atoms with Crippen LogP contribution in [0.5, 0.6) is 0 Å². The van der Waals surface area contributed by atoms with Gasteiger partial charge in [-0.15, -0.1) is 0 Å². The fourth-order valence-electron chi connectivity index (χ4n) is 1.88. The molecule has 1 aliphatic rings. The zero-order valence-electron chi connectivity index (χ0n) is 16.3. The van der Waals surface area contributed by atoms with Crippen molar-refractivity contribution in [2.75, 3.05) is 19.5 Å². The summed E-state index contributed by atoms with van der Waals surface area (Å²) in [5, 5.41) is 9.04. The van der Waals surface area contributed by atoms with Crippen LogP contribution in [0.1, 0.15) is 34.6 Å². The minimum Gasteiger partial charge on any atom is -0.461 e. The summed E-state index contributed by atoms with van der Waals surface area (Å²) in [5.74, 6) is -0.694. The Balaban J connectivity index is 2.67. The number of hydrogen-bond acceptors (Lipinski definition) is 9. The largest absolute Gasteiger partial charge is 0.461 e. The Morgan fingerprint density at radius 1 is 1.37 bits per heavy atom. The fraction of sp³-hybridized carbons (Fsp3) is 0.688. The van der Waals surface area contributed by atoms with E-state index in [1.165, 1.54) is 25.8 Å². The van der Waals surface area contributed by atoms with Crippen molar-refractivity contribution < 1.29 is 28.7 Å². The number of carbonyl (C=O) groups excluding carboxylic acids is 3. The highest BCUT2D eigenvalue weighted by molar-refractivity contribution is 8.14. The van der Waals surface area contributed by atoms with Crippen molar-refractivity contribution in [1.29, 1.82) is 0 Å². The number of nitrogens with one attached hydrogen (secondary N) is 2. The number of hydrogen-bond donors (Lipinski definition) is 2. The molecule has 0 bridgehead atoms. The van der Waals surface area contributed by atoms with E-state index in [0.29, 0.717) is 10.9 Å². The lowest BCUT2D eigenvalue weighted by Crippen LogP contribution is -2.47. The van der Waals surface area contributed by atoms with Gasteiger partial charge in [0.05, 0.1) is 6.61 Å². The van der Waals surface area contributed by atoms with Crippen molar-refractivity contribution in [1.82, 2.24) is 10.6 Å². The van der Waals surface area contributed by atoms with Gasteiger partial charge in [0.25, 0.3) is 0 Å². The molecule has 27 heavy (non-hydrogen) atoms. The molecule has 0 saturated carbocycles. The zero-order chi connectivity index (χ0) is 20.6. The van der Waals surface area contributed by atoms with Crippen LogP contribution >= 0.6 is 11.8 Å². The van der Waals surface area contributed by atoms with Gasteiger partial charge in [-0.2, -0.15) is 0 Å². The highest BCUT2D eigenvalue weighted by Gasteiger charge is 2.31. The molecule has 0 aliphatic carbocycles. The minimum atomic E-state index is -0.834. The summed E-state index contributed by atoms with van der Waals surface area (Å²) < 4.78 is 10.0. The minimum absolute atomic E-state index is 0.0241. The highest BCUT2D eigenvalue weighted by Crippen LogP contribution is 2.19. The third-order valence-electron chi connectivity index (χ3n) is 3.00. The molecule has 0 aromatic carbocycles. The summed E-state index contributed by atoms with van der Waals surface area (Å²) in [6.45, 7) is 8.58. The number of esters is 1. The molecule has 0 saturated heterocycles. The lowest BCUT2D eigenvalue weighted by molar-refractivity contribution is -0.135. The van der Waals surface area contributed by atoms with Gasteiger partial charge in [0.2, 0.25) is 5.91 Å². The molecule has 1 heterocycles. The van der Waals surface area contributed by atoms with Crippen LogP contribution in [0.25, 0.3) is 0 Å². The summed E-state index contributed by atoms with van der Waals surface area (Å²) in [4.78, 5) is 44.8. The van der Waals surface area contributed by atoms with E-state index in [1.54, 1.807) is 27.7 Å². The smallest absolute Gasteiger partial charge is 0.408 e. The van der Waals surface area contributed by atoms with Crippen LogP contribution in [-0.2, 0) is 23.9 Å². The van der Waals surface area contributed by atoms with Gasteiger partial charge in [0, 0.05) is 5.75 Å². The predicted octanol–water partition coefficient (Wildman–Crippen LogP) is 1.05. The number of rotatable bonds is 6. The molecule has 0 spiro atoms. The molecule has 1 unspecified atom stereocenters. The fourth-order valence-corrected chi connectivity index (χ4v) is 2.81. The maximum Gasteiger partial charge on any atom is 0.408 e.